The third-order valence-electron chi connectivity index (χ3n) is 3.61. The van der Waals surface area contributed by atoms with Crippen LogP contribution in [0.3, 0.4) is 0 Å². The van der Waals surface area contributed by atoms with Gasteiger partial charge in [-0.1, -0.05) is 51.9 Å². The summed E-state index contributed by atoms with van der Waals surface area (Å²) in [5.74, 6) is -0.215. The van der Waals surface area contributed by atoms with Gasteiger partial charge in [-0.05, 0) is 6.42 Å². The molecule has 0 radical (unpaired) electrons. The van der Waals surface area contributed by atoms with Gasteiger partial charge in [-0.3, -0.25) is 9.32 Å². The number of carbonyl (C=O) groups excluding carboxylic acids is 1. The number of Topliss-reactive ketones (excluding diaryl/α,β-unsaturated/α-hetero) is 1. The smallest absolute Gasteiger partial charge is 0.328 e. The molecule has 0 bridgehead atoms. The van der Waals surface area contributed by atoms with Crippen molar-refractivity contribution in [3.8, 4) is 0 Å². The van der Waals surface area contributed by atoms with Gasteiger partial charge in [0.1, 0.15) is 6.54 Å². The molecule has 0 aliphatic rings. The van der Waals surface area contributed by atoms with Crippen LogP contribution in [0, 0.1) is 0 Å². The van der Waals surface area contributed by atoms with Crippen LogP contribution in [0.2, 0.25) is 0 Å². The van der Waals surface area contributed by atoms with E-state index in [2.05, 4.69) is 6.92 Å². The van der Waals surface area contributed by atoms with E-state index in [0.29, 0.717) is 10.9 Å². The summed E-state index contributed by atoms with van der Waals surface area (Å²) in [4.78, 5) is 30.1. The van der Waals surface area contributed by atoms with Gasteiger partial charge in [-0.2, -0.15) is 0 Å². The monoisotopic (exact) mass is 352 g/mol. The maximum absolute atomic E-state index is 12.2. The minimum absolute atomic E-state index is 0.215. The summed E-state index contributed by atoms with van der Waals surface area (Å²) >= 11 is 0. The fourth-order valence-electron chi connectivity index (χ4n) is 2.45. The maximum atomic E-state index is 12.2. The van der Waals surface area contributed by atoms with Crippen molar-refractivity contribution >= 4 is 13.6 Å². The van der Waals surface area contributed by atoms with Gasteiger partial charge in [0.05, 0.1) is 21.1 Å². The van der Waals surface area contributed by atoms with E-state index in [1.807, 2.05) is 21.1 Å². The van der Waals surface area contributed by atoms with Crippen LogP contribution in [0.5, 0.6) is 0 Å². The average molecular weight is 352 g/mol. The minimum atomic E-state index is -4.65. The molecule has 2 N–H and O–H groups in total. The summed E-state index contributed by atoms with van der Waals surface area (Å²) in [6.45, 7) is 2.44. The van der Waals surface area contributed by atoms with Crippen molar-refractivity contribution in [2.24, 2.45) is 0 Å². The van der Waals surface area contributed by atoms with E-state index >= 15 is 0 Å². The number of quaternary nitrogens is 1. The van der Waals surface area contributed by atoms with Crippen LogP contribution in [-0.2, 0) is 13.9 Å². The lowest BCUT2D eigenvalue weighted by molar-refractivity contribution is -0.872. The van der Waals surface area contributed by atoms with Crippen LogP contribution < -0.4 is 0 Å². The zero-order valence-electron chi connectivity index (χ0n) is 15.2. The minimum Gasteiger partial charge on any atom is -0.328 e. The molecule has 0 aliphatic heterocycles. The van der Waals surface area contributed by atoms with Crippen molar-refractivity contribution < 1.29 is 28.2 Å². The number of rotatable bonds is 14. The van der Waals surface area contributed by atoms with Crippen molar-refractivity contribution in [3.05, 3.63) is 0 Å². The summed E-state index contributed by atoms with van der Waals surface area (Å²) < 4.78 is 16.2. The van der Waals surface area contributed by atoms with E-state index in [-0.39, 0.29) is 12.3 Å². The number of phosphoric ester groups is 1. The maximum Gasteiger partial charge on any atom is 0.470 e. The van der Waals surface area contributed by atoms with Gasteiger partial charge in [0.2, 0.25) is 0 Å². The topological polar surface area (TPSA) is 83.8 Å². The fourth-order valence-corrected chi connectivity index (χ4v) is 2.97. The Bertz CT molecular complexity index is 375. The van der Waals surface area contributed by atoms with Crippen LogP contribution in [-0.4, -0.2) is 53.8 Å². The van der Waals surface area contributed by atoms with E-state index in [0.717, 1.165) is 19.3 Å². The number of unbranched alkanes of at least 4 members (excludes halogenated alkanes) is 7. The highest BCUT2D eigenvalue weighted by atomic mass is 31.2. The Morgan fingerprint density at radius 1 is 1.00 bits per heavy atom. The highest BCUT2D eigenvalue weighted by Crippen LogP contribution is 2.38. The van der Waals surface area contributed by atoms with E-state index in [4.69, 9.17) is 14.3 Å². The summed E-state index contributed by atoms with van der Waals surface area (Å²) in [6, 6.07) is 0. The van der Waals surface area contributed by atoms with Crippen molar-refractivity contribution in [2.75, 3.05) is 27.7 Å². The molecule has 1 atom stereocenters. The van der Waals surface area contributed by atoms with Gasteiger partial charge in [0.15, 0.2) is 11.9 Å². The Morgan fingerprint density at radius 2 is 1.48 bits per heavy atom. The Kier molecular flexibility index (Phi) is 11.2. The second kappa shape index (κ2) is 11.3. The molecule has 7 heteroatoms. The molecule has 0 saturated heterocycles. The van der Waals surface area contributed by atoms with Crippen LogP contribution in [0.25, 0.3) is 0 Å². The first kappa shape index (κ1) is 22.7. The van der Waals surface area contributed by atoms with Crippen LogP contribution in [0.4, 0.5) is 0 Å². The first-order valence-electron chi connectivity index (χ1n) is 8.62. The SMILES string of the molecule is CCCCCCCCCCC(=O)C(C[N+](C)(C)C)OP(=O)(O)O. The van der Waals surface area contributed by atoms with E-state index < -0.39 is 13.9 Å². The predicted molar refractivity (Wildman–Crippen MR) is 92.1 cm³/mol. The van der Waals surface area contributed by atoms with E-state index in [1.165, 1.54) is 32.1 Å². The first-order valence-corrected chi connectivity index (χ1v) is 10.2. The largest absolute Gasteiger partial charge is 0.470 e. The Hall–Kier alpha value is -0.260. The molecule has 0 aromatic heterocycles. The lowest BCUT2D eigenvalue weighted by Crippen LogP contribution is -2.45. The van der Waals surface area contributed by atoms with E-state index in [1.54, 1.807) is 0 Å². The fraction of sp³-hybridized carbons (Fsp3) is 0.938. The molecule has 138 valence electrons. The number of ketones is 1. The molecule has 0 aromatic rings. The summed E-state index contributed by atoms with van der Waals surface area (Å²) in [6.07, 6.45) is 8.35. The van der Waals surface area contributed by atoms with Crippen LogP contribution in [0.1, 0.15) is 64.7 Å². The molecule has 0 spiro atoms. The average Bonchev–Trinajstić information content (AvgIpc) is 2.37. The zero-order chi connectivity index (χ0) is 17.9. The van der Waals surface area contributed by atoms with Gasteiger partial charge in [-0.15, -0.1) is 0 Å². The van der Waals surface area contributed by atoms with Crippen LogP contribution >= 0.6 is 7.82 Å². The third kappa shape index (κ3) is 15.0. The lowest BCUT2D eigenvalue weighted by atomic mass is 10.0. The molecule has 0 heterocycles. The number of phosphoric acid groups is 1. The second-order valence-corrected chi connectivity index (χ2v) is 8.44. The highest BCUT2D eigenvalue weighted by molar-refractivity contribution is 7.46. The van der Waals surface area contributed by atoms with Crippen molar-refractivity contribution in [2.45, 2.75) is 70.8 Å². The highest BCUT2D eigenvalue weighted by Gasteiger charge is 2.32. The van der Waals surface area contributed by atoms with Gasteiger partial charge >= 0.3 is 7.82 Å². The molecule has 0 saturated carbocycles. The summed E-state index contributed by atoms with van der Waals surface area (Å²) in [7, 11) is 0.929. The normalized spacial score (nSPS) is 14.0. The third-order valence-corrected chi connectivity index (χ3v) is 4.14. The first-order chi connectivity index (χ1) is 10.5. The van der Waals surface area contributed by atoms with Crippen molar-refractivity contribution in [1.82, 2.24) is 0 Å². The number of likely N-dealkylation sites (N-methyl/N-ethyl adjacent to an activating group) is 1. The molecule has 0 amide bonds. The molecular formula is C16H35NO5P+. The summed E-state index contributed by atoms with van der Waals surface area (Å²) in [5, 5.41) is 0. The number of hydrogen-bond donors (Lipinski definition) is 2. The molecule has 1 unspecified atom stereocenters. The molecule has 0 aromatic carbocycles. The molecular weight excluding hydrogens is 317 g/mol. The summed E-state index contributed by atoms with van der Waals surface area (Å²) in [5.41, 5.74) is 0. The molecule has 0 aliphatic carbocycles. The Labute approximate surface area is 141 Å². The van der Waals surface area contributed by atoms with Crippen molar-refractivity contribution in [3.63, 3.8) is 0 Å². The van der Waals surface area contributed by atoms with Crippen molar-refractivity contribution in [1.29, 1.82) is 0 Å². The molecule has 0 fully saturated rings. The number of nitrogens with zero attached hydrogens (tertiary/aromatic N) is 1. The Balaban J connectivity index is 4.11. The predicted octanol–water partition coefficient (Wildman–Crippen LogP) is 3.27. The number of hydrogen-bond acceptors (Lipinski definition) is 3. The van der Waals surface area contributed by atoms with Gasteiger partial charge in [-0.25, -0.2) is 4.57 Å². The zero-order valence-corrected chi connectivity index (χ0v) is 16.1. The molecule has 6 nitrogen and oxygen atoms in total. The van der Waals surface area contributed by atoms with E-state index in [9.17, 15) is 9.36 Å². The van der Waals surface area contributed by atoms with Gasteiger partial charge in [0.25, 0.3) is 0 Å². The quantitative estimate of drug-likeness (QED) is 0.285. The van der Waals surface area contributed by atoms with Crippen LogP contribution in [0.15, 0.2) is 0 Å². The Morgan fingerprint density at radius 3 is 1.91 bits per heavy atom. The number of carbonyl (C=O) groups is 1. The second-order valence-electron chi connectivity index (χ2n) is 7.25. The molecule has 23 heavy (non-hydrogen) atoms. The standard InChI is InChI=1S/C16H34NO5P/c1-5-6-7-8-9-10-11-12-13-15(18)16(14-17(2,3)4)22-23(19,20)21/h16H,5-14H2,1-4H3,(H-,19,20,21)/p+1. The lowest BCUT2D eigenvalue weighted by Gasteiger charge is -2.28. The molecule has 0 rings (SSSR count). The van der Waals surface area contributed by atoms with Gasteiger partial charge in [0, 0.05) is 6.42 Å². The van der Waals surface area contributed by atoms with Gasteiger partial charge < -0.3 is 14.3 Å².